The first-order chi connectivity index (χ1) is 8.54. The summed E-state index contributed by atoms with van der Waals surface area (Å²) in [5, 5.41) is 0.217. The third-order valence-corrected chi connectivity index (χ3v) is 5.38. The molecule has 2 heterocycles. The number of hydrogen-bond acceptors (Lipinski definition) is 3. The van der Waals surface area contributed by atoms with E-state index in [2.05, 4.69) is 16.9 Å². The van der Waals surface area contributed by atoms with Crippen molar-refractivity contribution in [1.29, 1.82) is 0 Å². The Bertz CT molecular complexity index is 487. The van der Waals surface area contributed by atoms with Crippen molar-refractivity contribution < 1.29 is 8.42 Å². The lowest BCUT2D eigenvalue weighted by atomic mass is 9.94. The molecule has 18 heavy (non-hydrogen) atoms. The highest BCUT2D eigenvalue weighted by atomic mass is 32.2. The Hall–Kier alpha value is -0.880. The zero-order valence-electron chi connectivity index (χ0n) is 11.0. The molecule has 0 spiro atoms. The predicted molar refractivity (Wildman–Crippen MR) is 69.7 cm³/mol. The molecule has 0 aromatic carbocycles. The highest BCUT2D eigenvalue weighted by Gasteiger charge is 2.30. The quantitative estimate of drug-likeness (QED) is 0.909. The van der Waals surface area contributed by atoms with Crippen molar-refractivity contribution in [3.05, 3.63) is 12.0 Å². The second-order valence-corrected chi connectivity index (χ2v) is 6.88. The van der Waals surface area contributed by atoms with Gasteiger partial charge in [0, 0.05) is 13.1 Å². The van der Waals surface area contributed by atoms with Crippen LogP contribution in [-0.4, -0.2) is 35.8 Å². The van der Waals surface area contributed by atoms with E-state index in [0.717, 1.165) is 12.8 Å². The van der Waals surface area contributed by atoms with Crippen molar-refractivity contribution in [3.8, 4) is 0 Å². The number of H-pyrrole nitrogens is 1. The van der Waals surface area contributed by atoms with Gasteiger partial charge in [0.2, 0.25) is 0 Å². The SMILES string of the molecule is CCCC1CCN(S(=O)(=O)c2cnc(C)[nH]2)CC1. The fraction of sp³-hybridized carbons (Fsp3) is 0.750. The summed E-state index contributed by atoms with van der Waals surface area (Å²) in [6.45, 7) is 5.19. The average molecular weight is 271 g/mol. The number of nitrogens with one attached hydrogen (secondary N) is 1. The first-order valence-corrected chi connectivity index (χ1v) is 7.99. The van der Waals surface area contributed by atoms with E-state index >= 15 is 0 Å². The molecule has 6 heteroatoms. The maximum Gasteiger partial charge on any atom is 0.260 e. The molecule has 0 aliphatic carbocycles. The van der Waals surface area contributed by atoms with Gasteiger partial charge in [-0.25, -0.2) is 13.4 Å². The van der Waals surface area contributed by atoms with E-state index in [9.17, 15) is 8.42 Å². The standard InChI is InChI=1S/C12H21N3O2S/c1-3-4-11-5-7-15(8-6-11)18(16,17)12-9-13-10(2)14-12/h9,11H,3-8H2,1-2H3,(H,13,14). The summed E-state index contributed by atoms with van der Waals surface area (Å²) >= 11 is 0. The number of nitrogens with zero attached hydrogens (tertiary/aromatic N) is 2. The largest absolute Gasteiger partial charge is 0.332 e. The molecule has 1 saturated heterocycles. The Morgan fingerprint density at radius 2 is 2.11 bits per heavy atom. The predicted octanol–water partition coefficient (Wildman–Crippen LogP) is 1.92. The highest BCUT2D eigenvalue weighted by Crippen LogP contribution is 2.25. The molecule has 0 radical (unpaired) electrons. The summed E-state index contributed by atoms with van der Waals surface area (Å²) in [5.41, 5.74) is 0. The van der Waals surface area contributed by atoms with Gasteiger partial charge in [-0.2, -0.15) is 4.31 Å². The van der Waals surface area contributed by atoms with E-state index in [1.54, 1.807) is 11.2 Å². The van der Waals surface area contributed by atoms with Crippen LogP contribution in [0.3, 0.4) is 0 Å². The van der Waals surface area contributed by atoms with E-state index in [4.69, 9.17) is 0 Å². The number of piperidine rings is 1. The van der Waals surface area contributed by atoms with Gasteiger partial charge in [0.1, 0.15) is 5.82 Å². The molecule has 0 unspecified atom stereocenters. The van der Waals surface area contributed by atoms with Gasteiger partial charge in [0.15, 0.2) is 5.03 Å². The monoisotopic (exact) mass is 271 g/mol. The van der Waals surface area contributed by atoms with Gasteiger partial charge in [-0.05, 0) is 25.7 Å². The second kappa shape index (κ2) is 5.40. The van der Waals surface area contributed by atoms with E-state index in [0.29, 0.717) is 24.8 Å². The number of aryl methyl sites for hydroxylation is 1. The average Bonchev–Trinajstić information content (AvgIpc) is 2.78. The van der Waals surface area contributed by atoms with Gasteiger partial charge >= 0.3 is 0 Å². The fourth-order valence-corrected chi connectivity index (χ4v) is 3.95. The lowest BCUT2D eigenvalue weighted by Crippen LogP contribution is -2.38. The first kappa shape index (κ1) is 13.5. The van der Waals surface area contributed by atoms with Crippen LogP contribution >= 0.6 is 0 Å². The molecule has 1 fully saturated rings. The van der Waals surface area contributed by atoms with Crippen molar-refractivity contribution in [2.75, 3.05) is 13.1 Å². The number of rotatable bonds is 4. The lowest BCUT2D eigenvalue weighted by molar-refractivity contribution is 0.262. The van der Waals surface area contributed by atoms with E-state index in [1.165, 1.54) is 19.0 Å². The summed E-state index contributed by atoms with van der Waals surface area (Å²) in [5.74, 6) is 1.32. The molecule has 1 aromatic rings. The van der Waals surface area contributed by atoms with Crippen LogP contribution in [0.25, 0.3) is 0 Å². The van der Waals surface area contributed by atoms with Gasteiger partial charge in [0.25, 0.3) is 10.0 Å². The minimum Gasteiger partial charge on any atom is -0.332 e. The Kier molecular flexibility index (Phi) is 4.07. The van der Waals surface area contributed by atoms with Crippen molar-refractivity contribution in [1.82, 2.24) is 14.3 Å². The Morgan fingerprint density at radius 1 is 1.44 bits per heavy atom. The zero-order chi connectivity index (χ0) is 13.2. The Balaban J connectivity index is 2.05. The Morgan fingerprint density at radius 3 is 2.61 bits per heavy atom. The van der Waals surface area contributed by atoms with Crippen LogP contribution in [0.1, 0.15) is 38.4 Å². The van der Waals surface area contributed by atoms with Crippen LogP contribution in [0.2, 0.25) is 0 Å². The van der Waals surface area contributed by atoms with Crippen molar-refractivity contribution in [2.24, 2.45) is 5.92 Å². The van der Waals surface area contributed by atoms with E-state index in [-0.39, 0.29) is 5.03 Å². The van der Waals surface area contributed by atoms with Crippen molar-refractivity contribution in [2.45, 2.75) is 44.6 Å². The molecule has 1 aliphatic rings. The minimum absolute atomic E-state index is 0.217. The van der Waals surface area contributed by atoms with Gasteiger partial charge < -0.3 is 4.98 Å². The van der Waals surface area contributed by atoms with Crippen LogP contribution in [-0.2, 0) is 10.0 Å². The van der Waals surface area contributed by atoms with Crippen molar-refractivity contribution >= 4 is 10.0 Å². The summed E-state index contributed by atoms with van der Waals surface area (Å²) in [6, 6.07) is 0. The number of hydrogen-bond donors (Lipinski definition) is 1. The summed E-state index contributed by atoms with van der Waals surface area (Å²) in [7, 11) is -3.36. The number of imidazole rings is 1. The number of aromatic amines is 1. The summed E-state index contributed by atoms with van der Waals surface area (Å²) < 4.78 is 26.2. The van der Waals surface area contributed by atoms with Crippen molar-refractivity contribution in [3.63, 3.8) is 0 Å². The molecule has 102 valence electrons. The zero-order valence-corrected chi connectivity index (χ0v) is 11.8. The summed E-state index contributed by atoms with van der Waals surface area (Å²) in [6.07, 6.45) is 5.73. The second-order valence-electron chi connectivity index (χ2n) is 4.97. The first-order valence-electron chi connectivity index (χ1n) is 6.55. The molecule has 1 aliphatic heterocycles. The third kappa shape index (κ3) is 2.75. The Labute approximate surface area is 109 Å². The number of sulfonamides is 1. The lowest BCUT2D eigenvalue weighted by Gasteiger charge is -2.30. The smallest absolute Gasteiger partial charge is 0.260 e. The summed E-state index contributed by atoms with van der Waals surface area (Å²) in [4.78, 5) is 6.77. The molecule has 0 atom stereocenters. The minimum atomic E-state index is -3.36. The molecular formula is C12H21N3O2S. The number of aromatic nitrogens is 2. The third-order valence-electron chi connectivity index (χ3n) is 3.57. The molecule has 0 bridgehead atoms. The normalized spacial score (nSPS) is 19.2. The molecule has 2 rings (SSSR count). The molecule has 0 saturated carbocycles. The van der Waals surface area contributed by atoms with Gasteiger partial charge in [0.05, 0.1) is 6.20 Å². The highest BCUT2D eigenvalue weighted by molar-refractivity contribution is 7.89. The molecule has 1 N–H and O–H groups in total. The van der Waals surface area contributed by atoms with Crippen LogP contribution in [0.4, 0.5) is 0 Å². The van der Waals surface area contributed by atoms with Crippen LogP contribution in [0.5, 0.6) is 0 Å². The maximum atomic E-state index is 12.3. The van der Waals surface area contributed by atoms with Crippen LogP contribution in [0.15, 0.2) is 11.2 Å². The molecule has 1 aromatic heterocycles. The molecule has 5 nitrogen and oxygen atoms in total. The van der Waals surface area contributed by atoms with Gasteiger partial charge in [-0.3, -0.25) is 0 Å². The van der Waals surface area contributed by atoms with E-state index in [1.807, 2.05) is 0 Å². The molecular weight excluding hydrogens is 250 g/mol. The maximum absolute atomic E-state index is 12.3. The topological polar surface area (TPSA) is 66.1 Å². The molecule has 0 amide bonds. The van der Waals surface area contributed by atoms with E-state index < -0.39 is 10.0 Å². The van der Waals surface area contributed by atoms with Gasteiger partial charge in [-0.15, -0.1) is 0 Å². The fourth-order valence-electron chi connectivity index (χ4n) is 2.52. The van der Waals surface area contributed by atoms with Crippen LogP contribution < -0.4 is 0 Å². The van der Waals surface area contributed by atoms with Gasteiger partial charge in [-0.1, -0.05) is 19.8 Å². The van der Waals surface area contributed by atoms with Crippen LogP contribution in [0, 0.1) is 12.8 Å².